The van der Waals surface area contributed by atoms with Gasteiger partial charge in [-0.3, -0.25) is 13.9 Å². The number of aryl methyl sites for hydroxylation is 1. The highest BCUT2D eigenvalue weighted by molar-refractivity contribution is 5.94. The number of benzene rings is 1. The minimum atomic E-state index is -1.49. The first kappa shape index (κ1) is 20.0. The number of imidazole rings is 1. The molecule has 0 radical (unpaired) electrons. The lowest BCUT2D eigenvalue weighted by Gasteiger charge is -2.45. The Balaban J connectivity index is 1.46. The third kappa shape index (κ3) is 2.91. The zero-order chi connectivity index (χ0) is 22.9. The Bertz CT molecular complexity index is 1400. The Morgan fingerprint density at radius 2 is 1.91 bits per heavy atom. The third-order valence-corrected chi connectivity index (χ3v) is 6.83. The van der Waals surface area contributed by atoms with Crippen LogP contribution < -0.4 is 0 Å². The number of aromatic nitrogens is 4. The minimum absolute atomic E-state index is 0.0689. The van der Waals surface area contributed by atoms with Crippen molar-refractivity contribution in [3.05, 3.63) is 77.3 Å². The maximum atomic E-state index is 14.0. The van der Waals surface area contributed by atoms with Crippen LogP contribution in [0.2, 0.25) is 0 Å². The second kappa shape index (κ2) is 7.19. The van der Waals surface area contributed by atoms with E-state index >= 15 is 0 Å². The Kier molecular flexibility index (Phi) is 4.36. The van der Waals surface area contributed by atoms with Crippen LogP contribution in [0.15, 0.2) is 42.9 Å². The first-order valence-corrected chi connectivity index (χ1v) is 10.9. The van der Waals surface area contributed by atoms with E-state index in [1.807, 2.05) is 17.0 Å². The van der Waals surface area contributed by atoms with Crippen LogP contribution in [0.25, 0.3) is 16.8 Å². The summed E-state index contributed by atoms with van der Waals surface area (Å²) in [6, 6.07) is 7.22. The Morgan fingerprint density at radius 3 is 2.70 bits per heavy atom. The van der Waals surface area contributed by atoms with Crippen molar-refractivity contribution >= 4 is 11.4 Å². The maximum absolute atomic E-state index is 14.0. The van der Waals surface area contributed by atoms with Crippen molar-refractivity contribution in [3.8, 4) is 11.3 Å². The Morgan fingerprint density at radius 1 is 1.12 bits per heavy atom. The average Bonchev–Trinajstić information content (AvgIpc) is 3.40. The summed E-state index contributed by atoms with van der Waals surface area (Å²) in [5.41, 5.74) is 3.77. The second-order valence-electron chi connectivity index (χ2n) is 8.71. The summed E-state index contributed by atoms with van der Waals surface area (Å²) >= 11 is 0. The Labute approximate surface area is 187 Å². The van der Waals surface area contributed by atoms with E-state index in [1.165, 1.54) is 0 Å². The van der Waals surface area contributed by atoms with Crippen molar-refractivity contribution in [2.24, 2.45) is 7.05 Å². The van der Waals surface area contributed by atoms with E-state index in [0.717, 1.165) is 48.2 Å². The van der Waals surface area contributed by atoms with Crippen LogP contribution in [0.5, 0.6) is 0 Å². The third-order valence-electron chi connectivity index (χ3n) is 6.83. The molecule has 5 heterocycles. The van der Waals surface area contributed by atoms with Gasteiger partial charge in [-0.05, 0) is 49.9 Å². The molecular weight excluding hydrogens is 431 g/mol. The van der Waals surface area contributed by atoms with Gasteiger partial charge in [0.05, 0.1) is 35.5 Å². The van der Waals surface area contributed by atoms with Crippen LogP contribution in [0.4, 0.5) is 13.2 Å². The summed E-state index contributed by atoms with van der Waals surface area (Å²) in [7, 11) is 1.70. The largest absolute Gasteiger partial charge is 0.325 e. The number of pyridine rings is 1. The molecule has 1 aromatic carbocycles. The summed E-state index contributed by atoms with van der Waals surface area (Å²) in [6.07, 6.45) is 6.38. The molecule has 33 heavy (non-hydrogen) atoms. The number of fused-ring (bicyclic) bond motifs is 5. The number of hydrogen-bond acceptors (Lipinski definition) is 3. The maximum Gasteiger partial charge on any atom is 0.271 e. The number of halogens is 3. The fraction of sp³-hybridized carbons (Fsp3) is 0.292. The van der Waals surface area contributed by atoms with Crippen LogP contribution >= 0.6 is 0 Å². The molecule has 0 N–H and O–H groups in total. The normalized spacial score (nSPS) is 19.7. The summed E-state index contributed by atoms with van der Waals surface area (Å²) < 4.78 is 44.9. The fourth-order valence-corrected chi connectivity index (χ4v) is 5.46. The van der Waals surface area contributed by atoms with E-state index < -0.39 is 17.5 Å². The second-order valence-corrected chi connectivity index (χ2v) is 8.71. The van der Waals surface area contributed by atoms with Gasteiger partial charge in [-0.25, -0.2) is 18.2 Å². The van der Waals surface area contributed by atoms with E-state index in [2.05, 4.69) is 10.1 Å². The molecule has 6 rings (SSSR count). The van der Waals surface area contributed by atoms with Crippen molar-refractivity contribution in [1.82, 2.24) is 24.1 Å². The summed E-state index contributed by atoms with van der Waals surface area (Å²) in [5.74, 6) is -4.05. The van der Waals surface area contributed by atoms with Gasteiger partial charge in [0.2, 0.25) is 0 Å². The van der Waals surface area contributed by atoms with E-state index in [1.54, 1.807) is 34.7 Å². The van der Waals surface area contributed by atoms with Crippen LogP contribution in [0.1, 0.15) is 47.1 Å². The molecule has 1 amide bonds. The molecule has 2 aliphatic heterocycles. The molecule has 0 spiro atoms. The molecule has 0 saturated carbocycles. The number of piperidine rings is 1. The molecule has 168 valence electrons. The number of carbonyl (C=O) groups is 1. The van der Waals surface area contributed by atoms with Crippen molar-refractivity contribution in [1.29, 1.82) is 0 Å². The first-order valence-electron chi connectivity index (χ1n) is 10.9. The lowest BCUT2D eigenvalue weighted by molar-refractivity contribution is 0.0384. The van der Waals surface area contributed by atoms with Gasteiger partial charge in [-0.1, -0.05) is 6.07 Å². The van der Waals surface area contributed by atoms with Gasteiger partial charge >= 0.3 is 0 Å². The van der Waals surface area contributed by atoms with Gasteiger partial charge in [0.15, 0.2) is 17.5 Å². The van der Waals surface area contributed by atoms with E-state index in [4.69, 9.17) is 0 Å². The summed E-state index contributed by atoms with van der Waals surface area (Å²) in [4.78, 5) is 19.8. The zero-order valence-electron chi connectivity index (χ0n) is 17.8. The highest BCUT2D eigenvalue weighted by Gasteiger charge is 2.44. The van der Waals surface area contributed by atoms with Gasteiger partial charge in [0, 0.05) is 24.2 Å². The Hall–Kier alpha value is -3.62. The molecule has 4 aromatic rings. The number of hydrogen-bond donors (Lipinski definition) is 0. The monoisotopic (exact) mass is 451 g/mol. The van der Waals surface area contributed by atoms with Crippen molar-refractivity contribution in [3.63, 3.8) is 0 Å². The van der Waals surface area contributed by atoms with Crippen molar-refractivity contribution in [2.75, 3.05) is 0 Å². The standard InChI is InChI=1S/C24H20F3N5O/c1-30-23(13-8-17(25)21(27)18(26)9-13)16-10-14-4-2-6-19(22(16)29-30)32(14)24(33)20-7-3-5-15-11-28-12-31(15)20/h3,5,7-9,11-12,14,19H,2,4,6,10H2,1H3/t14-,19+/m0/s1. The summed E-state index contributed by atoms with van der Waals surface area (Å²) in [5, 5.41) is 4.67. The van der Waals surface area contributed by atoms with E-state index in [9.17, 15) is 18.0 Å². The minimum Gasteiger partial charge on any atom is -0.325 e. The molecule has 9 heteroatoms. The molecule has 6 nitrogen and oxygen atoms in total. The predicted octanol–water partition coefficient (Wildman–Crippen LogP) is 4.44. The van der Waals surface area contributed by atoms with Crippen molar-refractivity contribution < 1.29 is 18.0 Å². The first-order chi connectivity index (χ1) is 15.9. The quantitative estimate of drug-likeness (QED) is 0.424. The van der Waals surface area contributed by atoms with E-state index in [0.29, 0.717) is 17.8 Å². The number of nitrogens with zero attached hydrogens (tertiary/aromatic N) is 5. The average molecular weight is 451 g/mol. The van der Waals surface area contributed by atoms with Gasteiger partial charge in [-0.15, -0.1) is 0 Å². The van der Waals surface area contributed by atoms with E-state index in [-0.39, 0.29) is 23.6 Å². The van der Waals surface area contributed by atoms with Gasteiger partial charge in [0.25, 0.3) is 5.91 Å². The molecule has 2 bridgehead atoms. The molecule has 1 saturated heterocycles. The zero-order valence-corrected chi connectivity index (χ0v) is 17.8. The molecular formula is C24H20F3N5O. The lowest BCUT2D eigenvalue weighted by atomic mass is 9.81. The molecule has 3 aromatic heterocycles. The topological polar surface area (TPSA) is 55.4 Å². The number of rotatable bonds is 2. The lowest BCUT2D eigenvalue weighted by Crippen LogP contribution is -2.50. The molecule has 1 fully saturated rings. The van der Waals surface area contributed by atoms with Crippen LogP contribution in [0.3, 0.4) is 0 Å². The van der Waals surface area contributed by atoms with Gasteiger partial charge in [0.1, 0.15) is 5.69 Å². The van der Waals surface area contributed by atoms with Crippen LogP contribution in [-0.2, 0) is 13.5 Å². The number of carbonyl (C=O) groups excluding carboxylic acids is 1. The van der Waals surface area contributed by atoms with Gasteiger partial charge in [-0.2, -0.15) is 5.10 Å². The van der Waals surface area contributed by atoms with Crippen LogP contribution in [0, 0.1) is 17.5 Å². The highest BCUT2D eigenvalue weighted by atomic mass is 19.2. The highest BCUT2D eigenvalue weighted by Crippen LogP contribution is 2.45. The molecule has 2 atom stereocenters. The molecule has 2 aliphatic rings. The fourth-order valence-electron chi connectivity index (χ4n) is 5.46. The molecule has 0 aliphatic carbocycles. The molecule has 0 unspecified atom stereocenters. The predicted molar refractivity (Wildman–Crippen MR) is 114 cm³/mol. The SMILES string of the molecule is Cn1nc2c(c1-c1cc(F)c(F)c(F)c1)C[C@@H]1CCC[C@H]2N1C(=O)c1cccc2cncn12. The van der Waals surface area contributed by atoms with Crippen molar-refractivity contribution in [2.45, 2.75) is 37.8 Å². The van der Waals surface area contributed by atoms with Gasteiger partial charge < -0.3 is 4.90 Å². The van der Waals surface area contributed by atoms with Crippen LogP contribution in [-0.4, -0.2) is 36.0 Å². The number of amides is 1. The summed E-state index contributed by atoms with van der Waals surface area (Å²) in [6.45, 7) is 0. The smallest absolute Gasteiger partial charge is 0.271 e.